The highest BCUT2D eigenvalue weighted by molar-refractivity contribution is 9.10. The fourth-order valence-corrected chi connectivity index (χ4v) is 3.64. The molecule has 1 aromatic heterocycles. The van der Waals surface area contributed by atoms with Crippen molar-refractivity contribution in [1.29, 1.82) is 0 Å². The van der Waals surface area contributed by atoms with Crippen molar-refractivity contribution in [3.8, 4) is 11.4 Å². The second-order valence-corrected chi connectivity index (χ2v) is 6.63. The van der Waals surface area contributed by atoms with Crippen LogP contribution in [0.1, 0.15) is 11.8 Å². The van der Waals surface area contributed by atoms with Crippen molar-refractivity contribution in [3.05, 3.63) is 33.6 Å². The number of hydrogen-bond donors (Lipinski definition) is 1. The van der Waals surface area contributed by atoms with Crippen LogP contribution in [0.3, 0.4) is 0 Å². The number of aliphatic hydroxyl groups is 1. The molecule has 1 saturated heterocycles. The molecule has 1 aliphatic heterocycles. The van der Waals surface area contributed by atoms with E-state index in [0.29, 0.717) is 16.7 Å². The summed E-state index contributed by atoms with van der Waals surface area (Å²) in [4.78, 5) is 4.37. The van der Waals surface area contributed by atoms with Crippen molar-refractivity contribution < 1.29 is 9.63 Å². The van der Waals surface area contributed by atoms with Gasteiger partial charge in [-0.05, 0) is 34.1 Å². The summed E-state index contributed by atoms with van der Waals surface area (Å²) >= 11 is 11.0. The lowest BCUT2D eigenvalue weighted by atomic mass is 10.1. The van der Waals surface area contributed by atoms with Gasteiger partial charge in [-0.1, -0.05) is 16.8 Å². The molecule has 0 spiro atoms. The summed E-state index contributed by atoms with van der Waals surface area (Å²) in [6.45, 7) is 0. The van der Waals surface area contributed by atoms with Crippen LogP contribution < -0.4 is 0 Å². The van der Waals surface area contributed by atoms with Gasteiger partial charge in [0.1, 0.15) is 0 Å². The molecule has 1 aliphatic rings. The third kappa shape index (κ3) is 2.67. The zero-order valence-corrected chi connectivity index (χ0v) is 12.9. The molecule has 100 valence electrons. The Bertz CT molecular complexity index is 607. The molecule has 1 N–H and O–H groups in total. The van der Waals surface area contributed by atoms with E-state index >= 15 is 0 Å². The van der Waals surface area contributed by atoms with E-state index in [4.69, 9.17) is 16.1 Å². The van der Waals surface area contributed by atoms with E-state index in [-0.39, 0.29) is 5.92 Å². The van der Waals surface area contributed by atoms with Crippen LogP contribution >= 0.6 is 39.3 Å². The lowest BCUT2D eigenvalue weighted by molar-refractivity contribution is 0.164. The van der Waals surface area contributed by atoms with Crippen LogP contribution in [-0.2, 0) is 0 Å². The number of aromatic nitrogens is 2. The number of nitrogens with zero attached hydrogens (tertiary/aromatic N) is 2. The molecule has 3 rings (SSSR count). The van der Waals surface area contributed by atoms with E-state index in [9.17, 15) is 5.11 Å². The van der Waals surface area contributed by atoms with Crippen LogP contribution in [0.15, 0.2) is 27.2 Å². The summed E-state index contributed by atoms with van der Waals surface area (Å²) in [6.07, 6.45) is -0.407. The highest BCUT2D eigenvalue weighted by Gasteiger charge is 2.32. The Labute approximate surface area is 127 Å². The molecule has 0 bridgehead atoms. The Kier molecular flexibility index (Phi) is 3.84. The van der Waals surface area contributed by atoms with Gasteiger partial charge in [-0.3, -0.25) is 0 Å². The third-order valence-electron chi connectivity index (χ3n) is 2.99. The van der Waals surface area contributed by atoms with Gasteiger partial charge in [0.2, 0.25) is 11.7 Å². The first-order valence-corrected chi connectivity index (χ1v) is 8.02. The maximum atomic E-state index is 9.83. The van der Waals surface area contributed by atoms with Crippen molar-refractivity contribution in [2.75, 3.05) is 11.5 Å². The van der Waals surface area contributed by atoms with Crippen LogP contribution in [0.5, 0.6) is 0 Å². The average Bonchev–Trinajstić information content (AvgIpc) is 3.01. The van der Waals surface area contributed by atoms with Gasteiger partial charge in [-0.2, -0.15) is 16.7 Å². The fourth-order valence-electron chi connectivity index (χ4n) is 1.92. The monoisotopic (exact) mass is 360 g/mol. The van der Waals surface area contributed by atoms with Gasteiger partial charge in [-0.15, -0.1) is 0 Å². The summed E-state index contributed by atoms with van der Waals surface area (Å²) in [6, 6.07) is 5.45. The van der Waals surface area contributed by atoms with E-state index in [1.807, 2.05) is 12.1 Å². The van der Waals surface area contributed by atoms with E-state index in [2.05, 4.69) is 26.1 Å². The Balaban J connectivity index is 1.90. The minimum Gasteiger partial charge on any atom is -0.391 e. The van der Waals surface area contributed by atoms with Crippen LogP contribution in [-0.4, -0.2) is 32.9 Å². The number of aliphatic hydroxyl groups excluding tert-OH is 1. The second-order valence-electron chi connectivity index (χ2n) is 4.30. The minimum atomic E-state index is -0.407. The normalized spacial score (nSPS) is 22.9. The zero-order chi connectivity index (χ0) is 13.4. The quantitative estimate of drug-likeness (QED) is 0.889. The highest BCUT2D eigenvalue weighted by atomic mass is 79.9. The summed E-state index contributed by atoms with van der Waals surface area (Å²) in [5.74, 6) is 2.47. The molecule has 19 heavy (non-hydrogen) atoms. The van der Waals surface area contributed by atoms with Gasteiger partial charge in [0.15, 0.2) is 0 Å². The first-order valence-electron chi connectivity index (χ1n) is 5.70. The maximum absolute atomic E-state index is 9.83. The summed E-state index contributed by atoms with van der Waals surface area (Å²) in [5.41, 5.74) is 0.825. The Hall–Kier alpha value is -0.560. The molecule has 0 amide bonds. The molecule has 1 fully saturated rings. The largest absolute Gasteiger partial charge is 0.391 e. The molecule has 4 nitrogen and oxygen atoms in total. The third-order valence-corrected chi connectivity index (χ3v) is 5.37. The molecule has 2 atom stereocenters. The van der Waals surface area contributed by atoms with E-state index in [1.54, 1.807) is 17.8 Å². The number of benzene rings is 1. The number of halogens is 2. The number of rotatable bonds is 2. The van der Waals surface area contributed by atoms with Crippen molar-refractivity contribution >= 4 is 39.3 Å². The average molecular weight is 362 g/mol. The predicted octanol–water partition coefficient (Wildman–Crippen LogP) is 3.34. The fraction of sp³-hybridized carbons (Fsp3) is 0.333. The van der Waals surface area contributed by atoms with Crippen molar-refractivity contribution in [2.45, 2.75) is 12.0 Å². The van der Waals surface area contributed by atoms with Crippen LogP contribution in [0.4, 0.5) is 0 Å². The molecular weight excluding hydrogens is 352 g/mol. The Morgan fingerprint density at radius 1 is 1.42 bits per heavy atom. The molecule has 0 saturated carbocycles. The van der Waals surface area contributed by atoms with Gasteiger partial charge in [-0.25, -0.2) is 0 Å². The summed E-state index contributed by atoms with van der Waals surface area (Å²) < 4.78 is 6.05. The second kappa shape index (κ2) is 5.44. The minimum absolute atomic E-state index is 0.0676. The molecule has 2 unspecified atom stereocenters. The van der Waals surface area contributed by atoms with Gasteiger partial charge < -0.3 is 9.63 Å². The first kappa shape index (κ1) is 13.4. The molecule has 2 aromatic rings. The molecule has 0 radical (unpaired) electrons. The van der Waals surface area contributed by atoms with Crippen LogP contribution in [0, 0.1) is 0 Å². The summed E-state index contributed by atoms with van der Waals surface area (Å²) in [7, 11) is 0. The molecule has 2 heterocycles. The van der Waals surface area contributed by atoms with Crippen molar-refractivity contribution in [1.82, 2.24) is 10.1 Å². The molecular formula is C12H10BrClN2O2S. The van der Waals surface area contributed by atoms with E-state index in [1.165, 1.54) is 0 Å². The Morgan fingerprint density at radius 3 is 2.95 bits per heavy atom. The van der Waals surface area contributed by atoms with E-state index < -0.39 is 6.10 Å². The van der Waals surface area contributed by atoms with Gasteiger partial charge in [0.05, 0.1) is 17.0 Å². The zero-order valence-electron chi connectivity index (χ0n) is 9.72. The number of thioether (sulfide) groups is 1. The lowest BCUT2D eigenvalue weighted by Crippen LogP contribution is -2.15. The lowest BCUT2D eigenvalue weighted by Gasteiger charge is -2.06. The SMILES string of the molecule is OC1CSCC1c1nc(-c2ccc(Cl)c(Br)c2)no1. The smallest absolute Gasteiger partial charge is 0.233 e. The molecule has 7 heteroatoms. The molecule has 0 aliphatic carbocycles. The van der Waals surface area contributed by atoms with E-state index in [0.717, 1.165) is 21.5 Å². The first-order chi connectivity index (χ1) is 9.15. The van der Waals surface area contributed by atoms with Crippen molar-refractivity contribution in [3.63, 3.8) is 0 Å². The highest BCUT2D eigenvalue weighted by Crippen LogP contribution is 2.33. The Morgan fingerprint density at radius 2 is 2.26 bits per heavy atom. The van der Waals surface area contributed by atoms with Gasteiger partial charge >= 0.3 is 0 Å². The van der Waals surface area contributed by atoms with Crippen LogP contribution in [0.2, 0.25) is 5.02 Å². The standard InChI is InChI=1S/C12H10BrClN2O2S/c13-8-3-6(1-2-9(8)14)11-15-12(18-16-11)7-4-19-5-10(7)17/h1-3,7,10,17H,4-5H2. The van der Waals surface area contributed by atoms with Crippen molar-refractivity contribution in [2.24, 2.45) is 0 Å². The maximum Gasteiger partial charge on any atom is 0.233 e. The topological polar surface area (TPSA) is 59.2 Å². The summed E-state index contributed by atoms with van der Waals surface area (Å²) in [5, 5.41) is 14.4. The van der Waals surface area contributed by atoms with Gasteiger partial charge in [0, 0.05) is 21.5 Å². The van der Waals surface area contributed by atoms with Crippen LogP contribution in [0.25, 0.3) is 11.4 Å². The predicted molar refractivity (Wildman–Crippen MR) is 78.5 cm³/mol. The molecule has 1 aromatic carbocycles. The number of hydrogen-bond acceptors (Lipinski definition) is 5. The van der Waals surface area contributed by atoms with Gasteiger partial charge in [0.25, 0.3) is 0 Å².